The molecule has 1 aromatic rings. The molecule has 1 fully saturated rings. The van der Waals surface area contributed by atoms with Crippen molar-refractivity contribution >= 4 is 37.0 Å². The Morgan fingerprint density at radius 3 is 2.33 bits per heavy atom. The third-order valence-electron chi connectivity index (χ3n) is 3.46. The fraction of sp³-hybridized carbons (Fsp3) is 0.538. The Morgan fingerprint density at radius 2 is 1.81 bits per heavy atom. The van der Waals surface area contributed by atoms with Crippen LogP contribution in [0.2, 0.25) is 0 Å². The largest absolute Gasteiger partial charge is 0.369 e. The fourth-order valence-corrected chi connectivity index (χ4v) is 4.39. The van der Waals surface area contributed by atoms with Gasteiger partial charge in [-0.2, -0.15) is 0 Å². The summed E-state index contributed by atoms with van der Waals surface area (Å²) >= 11 is 6.14. The van der Waals surface area contributed by atoms with Crippen molar-refractivity contribution in [3.05, 3.63) is 18.2 Å². The monoisotopic (exact) mass is 351 g/mol. The maximum Gasteiger partial charge on any atom is 0.177 e. The Hall–Kier alpha value is -0.790. The van der Waals surface area contributed by atoms with E-state index in [1.54, 1.807) is 6.07 Å². The van der Waals surface area contributed by atoms with Gasteiger partial charge in [0.15, 0.2) is 19.7 Å². The quantitative estimate of drug-likeness (QED) is 0.775. The summed E-state index contributed by atoms with van der Waals surface area (Å²) in [6.45, 7) is 1.27. The molecular formula is C13H18ClNO4S2. The minimum Gasteiger partial charge on any atom is -0.369 e. The lowest BCUT2D eigenvalue weighted by atomic mass is 10.1. The second-order valence-electron chi connectivity index (χ2n) is 5.36. The van der Waals surface area contributed by atoms with Crippen molar-refractivity contribution in [3.63, 3.8) is 0 Å². The van der Waals surface area contributed by atoms with Crippen LogP contribution < -0.4 is 4.90 Å². The maximum absolute atomic E-state index is 12.0. The number of hydrogen-bond acceptors (Lipinski definition) is 5. The second kappa shape index (κ2) is 5.78. The zero-order valence-electron chi connectivity index (χ0n) is 11.9. The van der Waals surface area contributed by atoms with Crippen molar-refractivity contribution in [3.8, 4) is 0 Å². The molecule has 1 aromatic carbocycles. The highest BCUT2D eigenvalue weighted by atomic mass is 35.5. The summed E-state index contributed by atoms with van der Waals surface area (Å²) in [7, 11) is -6.99. The van der Waals surface area contributed by atoms with Crippen molar-refractivity contribution in [2.45, 2.75) is 28.0 Å². The van der Waals surface area contributed by atoms with Gasteiger partial charge in [0.1, 0.15) is 0 Å². The maximum atomic E-state index is 12.0. The third-order valence-corrected chi connectivity index (χ3v) is 6.06. The summed E-state index contributed by atoms with van der Waals surface area (Å²) in [6, 6.07) is 4.23. The molecule has 0 amide bonds. The topological polar surface area (TPSA) is 71.5 Å². The van der Waals surface area contributed by atoms with Crippen molar-refractivity contribution in [2.24, 2.45) is 0 Å². The molecule has 2 rings (SSSR count). The van der Waals surface area contributed by atoms with Crippen molar-refractivity contribution < 1.29 is 16.8 Å². The summed E-state index contributed by atoms with van der Waals surface area (Å²) in [5.41, 5.74) is 0.523. The van der Waals surface area contributed by atoms with Gasteiger partial charge in [-0.05, 0) is 31.0 Å². The molecule has 1 heterocycles. The van der Waals surface area contributed by atoms with E-state index in [9.17, 15) is 16.8 Å². The van der Waals surface area contributed by atoms with Crippen LogP contribution in [0.15, 0.2) is 28.0 Å². The lowest BCUT2D eigenvalue weighted by Crippen LogP contribution is -2.36. The molecule has 1 aliphatic rings. The van der Waals surface area contributed by atoms with E-state index < -0.39 is 19.7 Å². The Labute approximate surface area is 130 Å². The van der Waals surface area contributed by atoms with Crippen LogP contribution in [0.1, 0.15) is 12.8 Å². The third kappa shape index (κ3) is 3.90. The lowest BCUT2D eigenvalue weighted by molar-refractivity contribution is 0.576. The summed E-state index contributed by atoms with van der Waals surface area (Å²) < 4.78 is 47.2. The molecule has 0 aromatic heterocycles. The molecule has 0 saturated carbocycles. The molecule has 0 radical (unpaired) electrons. The molecule has 21 heavy (non-hydrogen) atoms. The van der Waals surface area contributed by atoms with Gasteiger partial charge in [0.05, 0.1) is 20.9 Å². The molecule has 1 unspecified atom stereocenters. The van der Waals surface area contributed by atoms with Crippen molar-refractivity contribution in [2.75, 3.05) is 30.5 Å². The predicted octanol–water partition coefficient (Wildman–Crippen LogP) is 1.70. The molecular weight excluding hydrogens is 334 g/mol. The molecule has 5 nitrogen and oxygen atoms in total. The minimum atomic E-state index is -3.53. The van der Waals surface area contributed by atoms with Gasteiger partial charge in [0.2, 0.25) is 0 Å². The van der Waals surface area contributed by atoms with E-state index in [-0.39, 0.29) is 15.2 Å². The summed E-state index contributed by atoms with van der Waals surface area (Å²) in [6.07, 6.45) is 3.92. The fourth-order valence-electron chi connectivity index (χ4n) is 2.43. The number of alkyl halides is 1. The number of rotatable bonds is 3. The van der Waals surface area contributed by atoms with E-state index in [2.05, 4.69) is 0 Å². The lowest BCUT2D eigenvalue weighted by Gasteiger charge is -2.33. The van der Waals surface area contributed by atoms with Crippen LogP contribution in [0.4, 0.5) is 5.69 Å². The standard InChI is InChI=1S/C13H18ClNO4S2/c1-20(16,17)11-5-6-12(13(8-11)21(2,18)19)15-7-3-4-10(14)9-15/h5-6,8,10H,3-4,7,9H2,1-2H3. The average molecular weight is 352 g/mol. The van der Waals surface area contributed by atoms with Gasteiger partial charge in [-0.25, -0.2) is 16.8 Å². The average Bonchev–Trinajstić information content (AvgIpc) is 2.36. The van der Waals surface area contributed by atoms with E-state index in [0.29, 0.717) is 18.8 Å². The zero-order valence-corrected chi connectivity index (χ0v) is 14.3. The van der Waals surface area contributed by atoms with Crippen LogP contribution in [0.5, 0.6) is 0 Å². The van der Waals surface area contributed by atoms with Gasteiger partial charge >= 0.3 is 0 Å². The predicted molar refractivity (Wildman–Crippen MR) is 83.7 cm³/mol. The number of piperidine rings is 1. The Kier molecular flexibility index (Phi) is 4.56. The Morgan fingerprint density at radius 1 is 1.14 bits per heavy atom. The summed E-state index contributed by atoms with van der Waals surface area (Å²) in [5, 5.41) is -0.0271. The zero-order chi connectivity index (χ0) is 15.8. The normalized spacial score (nSPS) is 20.5. The van der Waals surface area contributed by atoms with Crippen molar-refractivity contribution in [1.82, 2.24) is 0 Å². The van der Waals surface area contributed by atoms with E-state index in [4.69, 9.17) is 11.6 Å². The van der Waals surface area contributed by atoms with Gasteiger partial charge < -0.3 is 4.90 Å². The number of sulfone groups is 2. The van der Waals surface area contributed by atoms with E-state index in [1.807, 2.05) is 4.90 Å². The van der Waals surface area contributed by atoms with Gasteiger partial charge in [0.25, 0.3) is 0 Å². The van der Waals surface area contributed by atoms with E-state index >= 15 is 0 Å². The number of halogens is 1. The first-order valence-electron chi connectivity index (χ1n) is 6.52. The van der Waals surface area contributed by atoms with Crippen LogP contribution in [0.3, 0.4) is 0 Å². The SMILES string of the molecule is CS(=O)(=O)c1ccc(N2CCCC(Cl)C2)c(S(C)(=O)=O)c1. The highest BCUT2D eigenvalue weighted by Gasteiger charge is 2.25. The van der Waals surface area contributed by atoms with Gasteiger partial charge in [-0.3, -0.25) is 0 Å². The van der Waals surface area contributed by atoms with E-state index in [0.717, 1.165) is 25.4 Å². The van der Waals surface area contributed by atoms with Gasteiger partial charge in [0, 0.05) is 25.6 Å². The minimum absolute atomic E-state index is 0.00566. The molecule has 0 spiro atoms. The summed E-state index contributed by atoms with van der Waals surface area (Å²) in [4.78, 5) is 1.95. The second-order valence-corrected chi connectivity index (χ2v) is 9.98. The van der Waals surface area contributed by atoms with E-state index in [1.165, 1.54) is 12.1 Å². The smallest absolute Gasteiger partial charge is 0.177 e. The molecule has 0 aliphatic carbocycles. The molecule has 1 saturated heterocycles. The molecule has 0 bridgehead atoms. The highest BCUT2D eigenvalue weighted by molar-refractivity contribution is 7.91. The van der Waals surface area contributed by atoms with Crippen LogP contribution >= 0.6 is 11.6 Å². The number of anilines is 1. The first kappa shape index (κ1) is 16.6. The Balaban J connectivity index is 2.56. The van der Waals surface area contributed by atoms with Gasteiger partial charge in [-0.1, -0.05) is 0 Å². The number of nitrogens with zero attached hydrogens (tertiary/aromatic N) is 1. The first-order valence-corrected chi connectivity index (χ1v) is 10.7. The molecule has 118 valence electrons. The highest BCUT2D eigenvalue weighted by Crippen LogP contribution is 2.31. The first-order chi connectivity index (χ1) is 9.59. The van der Waals surface area contributed by atoms with Gasteiger partial charge in [-0.15, -0.1) is 11.6 Å². The van der Waals surface area contributed by atoms with Crippen molar-refractivity contribution in [1.29, 1.82) is 0 Å². The molecule has 1 aliphatic heterocycles. The number of benzene rings is 1. The molecule has 8 heteroatoms. The van der Waals surface area contributed by atoms with Crippen LogP contribution in [0.25, 0.3) is 0 Å². The molecule has 0 N–H and O–H groups in total. The van der Waals surface area contributed by atoms with Crippen LogP contribution in [-0.2, 0) is 19.7 Å². The molecule has 1 atom stereocenters. The summed E-state index contributed by atoms with van der Waals surface area (Å²) in [5.74, 6) is 0. The number of hydrogen-bond donors (Lipinski definition) is 0. The van der Waals surface area contributed by atoms with Crippen LogP contribution in [0, 0.1) is 0 Å². The van der Waals surface area contributed by atoms with Crippen LogP contribution in [-0.4, -0.2) is 47.8 Å². The Bertz CT molecular complexity index is 743.